The van der Waals surface area contributed by atoms with Gasteiger partial charge in [0.15, 0.2) is 5.82 Å². The lowest BCUT2D eigenvalue weighted by Crippen LogP contribution is -2.10. The number of nitrogens with one attached hydrogen (secondary N) is 1. The average Bonchev–Trinajstić information content (AvgIpc) is 2.88. The van der Waals surface area contributed by atoms with Crippen molar-refractivity contribution in [2.24, 2.45) is 0 Å². The van der Waals surface area contributed by atoms with Crippen LogP contribution in [0, 0.1) is 3.57 Å². The first-order valence-corrected chi connectivity index (χ1v) is 8.53. The van der Waals surface area contributed by atoms with Crippen LogP contribution in [-0.4, -0.2) is 22.0 Å². The van der Waals surface area contributed by atoms with Gasteiger partial charge in [0.2, 0.25) is 0 Å². The highest BCUT2D eigenvalue weighted by molar-refractivity contribution is 14.1. The number of hydrogen-bond donors (Lipinski definition) is 1. The van der Waals surface area contributed by atoms with Crippen LogP contribution in [0.15, 0.2) is 5.38 Å². The van der Waals surface area contributed by atoms with Crippen molar-refractivity contribution in [2.75, 3.05) is 12.4 Å². The molecule has 108 valence electrons. The molecule has 2 heterocycles. The van der Waals surface area contributed by atoms with Crippen LogP contribution in [0.2, 0.25) is 0 Å². The molecule has 0 aliphatic carbocycles. The predicted octanol–water partition coefficient (Wildman–Crippen LogP) is 4.11. The minimum atomic E-state index is 0.0611. The Labute approximate surface area is 137 Å². The van der Waals surface area contributed by atoms with Crippen LogP contribution in [0.5, 0.6) is 0 Å². The van der Waals surface area contributed by atoms with Gasteiger partial charge in [0.05, 0.1) is 14.3 Å². The fraction of sp³-hybridized carbons (Fsp3) is 0.500. The molecular formula is C14H19IN4S. The molecule has 0 saturated carbocycles. The van der Waals surface area contributed by atoms with Crippen molar-refractivity contribution in [3.05, 3.63) is 19.7 Å². The third kappa shape index (κ3) is 3.11. The van der Waals surface area contributed by atoms with Gasteiger partial charge in [0.25, 0.3) is 0 Å². The van der Waals surface area contributed by atoms with Crippen molar-refractivity contribution in [2.45, 2.75) is 39.5 Å². The second-order valence-electron chi connectivity index (χ2n) is 5.55. The molecule has 4 nitrogen and oxygen atoms in total. The molecule has 0 amide bonds. The first-order valence-electron chi connectivity index (χ1n) is 6.57. The molecule has 0 aliphatic rings. The van der Waals surface area contributed by atoms with E-state index in [1.165, 1.54) is 0 Å². The molecule has 0 atom stereocenters. The Kier molecular flexibility index (Phi) is 4.63. The second-order valence-corrected chi connectivity index (χ2v) is 7.48. The van der Waals surface area contributed by atoms with Crippen LogP contribution in [0.3, 0.4) is 0 Å². The van der Waals surface area contributed by atoms with Crippen molar-refractivity contribution >= 4 is 39.7 Å². The highest BCUT2D eigenvalue weighted by Crippen LogP contribution is 2.30. The number of aryl methyl sites for hydroxylation is 1. The zero-order valence-electron chi connectivity index (χ0n) is 12.4. The summed E-state index contributed by atoms with van der Waals surface area (Å²) >= 11 is 3.96. The van der Waals surface area contributed by atoms with E-state index in [4.69, 9.17) is 4.98 Å². The fourth-order valence-corrected chi connectivity index (χ4v) is 3.51. The minimum absolute atomic E-state index is 0.0611. The summed E-state index contributed by atoms with van der Waals surface area (Å²) in [6.45, 7) is 8.61. The van der Waals surface area contributed by atoms with E-state index in [9.17, 15) is 0 Å². The number of aromatic nitrogens is 3. The maximum Gasteiger partial charge on any atom is 0.181 e. The van der Waals surface area contributed by atoms with Crippen LogP contribution in [0.1, 0.15) is 38.4 Å². The number of rotatable bonds is 3. The maximum atomic E-state index is 4.70. The molecule has 0 fully saturated rings. The van der Waals surface area contributed by atoms with Gasteiger partial charge < -0.3 is 5.32 Å². The van der Waals surface area contributed by atoms with Crippen molar-refractivity contribution in [1.82, 2.24) is 15.0 Å². The topological polar surface area (TPSA) is 50.7 Å². The normalized spacial score (nSPS) is 11.7. The summed E-state index contributed by atoms with van der Waals surface area (Å²) in [5, 5.41) is 6.29. The predicted molar refractivity (Wildman–Crippen MR) is 93.5 cm³/mol. The molecule has 20 heavy (non-hydrogen) atoms. The molecular weight excluding hydrogens is 383 g/mol. The largest absolute Gasteiger partial charge is 0.372 e. The van der Waals surface area contributed by atoms with E-state index in [0.717, 1.165) is 32.2 Å². The highest BCUT2D eigenvalue weighted by Gasteiger charge is 2.20. The number of nitrogens with zero attached hydrogens (tertiary/aromatic N) is 3. The van der Waals surface area contributed by atoms with E-state index in [0.29, 0.717) is 5.82 Å². The van der Waals surface area contributed by atoms with Gasteiger partial charge in [-0.2, -0.15) is 0 Å². The molecule has 2 rings (SSSR count). The number of hydrogen-bond acceptors (Lipinski definition) is 5. The van der Waals surface area contributed by atoms with Crippen molar-refractivity contribution in [3.63, 3.8) is 0 Å². The SMILES string of the molecule is CCc1nc(-c2csc(C(C)(C)C)n2)nc(NC)c1I. The third-order valence-electron chi connectivity index (χ3n) is 2.87. The molecule has 6 heteroatoms. The summed E-state index contributed by atoms with van der Waals surface area (Å²) in [5.41, 5.74) is 1.98. The highest BCUT2D eigenvalue weighted by atomic mass is 127. The van der Waals surface area contributed by atoms with Gasteiger partial charge in [-0.25, -0.2) is 15.0 Å². The van der Waals surface area contributed by atoms with Crippen LogP contribution in [0.25, 0.3) is 11.5 Å². The molecule has 0 aromatic carbocycles. The van der Waals surface area contributed by atoms with Crippen LogP contribution < -0.4 is 5.32 Å². The summed E-state index contributed by atoms with van der Waals surface area (Å²) in [5.74, 6) is 1.58. The summed E-state index contributed by atoms with van der Waals surface area (Å²) in [6.07, 6.45) is 0.888. The molecule has 0 radical (unpaired) electrons. The quantitative estimate of drug-likeness (QED) is 0.786. The van der Waals surface area contributed by atoms with E-state index < -0.39 is 0 Å². The molecule has 0 saturated heterocycles. The van der Waals surface area contributed by atoms with E-state index in [2.05, 4.69) is 65.6 Å². The van der Waals surface area contributed by atoms with Crippen molar-refractivity contribution in [3.8, 4) is 11.5 Å². The second kappa shape index (κ2) is 5.93. The summed E-state index contributed by atoms with van der Waals surface area (Å²) in [6, 6.07) is 0. The Morgan fingerprint density at radius 3 is 2.45 bits per heavy atom. The van der Waals surface area contributed by atoms with Gasteiger partial charge >= 0.3 is 0 Å². The Bertz CT molecular complexity index is 591. The lowest BCUT2D eigenvalue weighted by molar-refractivity contribution is 0.586. The molecule has 0 unspecified atom stereocenters. The summed E-state index contributed by atoms with van der Waals surface area (Å²) in [4.78, 5) is 13.9. The standard InChI is InChI=1S/C14H19IN4S/c1-6-8-10(15)12(16-5)19-11(17-8)9-7-20-13(18-9)14(2,3)4/h7H,6H2,1-5H3,(H,16,17,19). The molecule has 0 spiro atoms. The smallest absolute Gasteiger partial charge is 0.181 e. The Morgan fingerprint density at radius 2 is 1.95 bits per heavy atom. The van der Waals surface area contributed by atoms with Gasteiger partial charge in [0, 0.05) is 17.8 Å². The van der Waals surface area contributed by atoms with E-state index >= 15 is 0 Å². The van der Waals surface area contributed by atoms with Gasteiger partial charge in [-0.3, -0.25) is 0 Å². The van der Waals surface area contributed by atoms with Crippen LogP contribution in [-0.2, 0) is 11.8 Å². The first-order chi connectivity index (χ1) is 9.36. The van der Waals surface area contributed by atoms with E-state index in [-0.39, 0.29) is 5.41 Å². The number of halogens is 1. The molecule has 2 aromatic rings. The van der Waals surface area contributed by atoms with Crippen molar-refractivity contribution in [1.29, 1.82) is 0 Å². The van der Waals surface area contributed by atoms with Gasteiger partial charge in [0.1, 0.15) is 11.5 Å². The van der Waals surface area contributed by atoms with E-state index in [1.807, 2.05) is 12.4 Å². The van der Waals surface area contributed by atoms with Gasteiger partial charge in [-0.1, -0.05) is 27.7 Å². The third-order valence-corrected chi connectivity index (χ3v) is 5.27. The van der Waals surface area contributed by atoms with Crippen LogP contribution in [0.4, 0.5) is 5.82 Å². The lowest BCUT2D eigenvalue weighted by Gasteiger charge is -2.13. The zero-order valence-corrected chi connectivity index (χ0v) is 15.4. The van der Waals surface area contributed by atoms with E-state index in [1.54, 1.807) is 11.3 Å². The molecule has 0 aliphatic heterocycles. The minimum Gasteiger partial charge on any atom is -0.372 e. The van der Waals surface area contributed by atoms with Crippen molar-refractivity contribution < 1.29 is 0 Å². The maximum absolute atomic E-state index is 4.70. The monoisotopic (exact) mass is 402 g/mol. The van der Waals surface area contributed by atoms with Crippen LogP contribution >= 0.6 is 33.9 Å². The Balaban J connectivity index is 2.50. The molecule has 2 aromatic heterocycles. The Morgan fingerprint density at radius 1 is 1.25 bits per heavy atom. The molecule has 0 bridgehead atoms. The number of anilines is 1. The average molecular weight is 402 g/mol. The summed E-state index contributed by atoms with van der Waals surface area (Å²) < 4.78 is 1.09. The molecule has 1 N–H and O–H groups in total. The Hall–Kier alpha value is -0.760. The summed E-state index contributed by atoms with van der Waals surface area (Å²) in [7, 11) is 1.88. The van der Waals surface area contributed by atoms with Gasteiger partial charge in [-0.05, 0) is 29.0 Å². The van der Waals surface area contributed by atoms with Gasteiger partial charge in [-0.15, -0.1) is 11.3 Å². The fourth-order valence-electron chi connectivity index (χ4n) is 1.73. The lowest BCUT2D eigenvalue weighted by atomic mass is 9.98. The zero-order chi connectivity index (χ0) is 14.9. The number of thiazole rings is 1. The first kappa shape index (κ1) is 15.6.